The molecule has 66 valence electrons. The van der Waals surface area contributed by atoms with E-state index in [0.717, 1.165) is 18.4 Å². The zero-order valence-electron chi connectivity index (χ0n) is 7.49. The molecule has 0 aromatic heterocycles. The second-order valence-electron chi connectivity index (χ2n) is 4.27. The Bertz CT molecular complexity index is 359. The van der Waals surface area contributed by atoms with Crippen LogP contribution in [-0.4, -0.2) is 5.78 Å². The molecule has 0 aliphatic heterocycles. The highest BCUT2D eigenvalue weighted by Gasteiger charge is 2.41. The highest BCUT2D eigenvalue weighted by atomic mass is 16.1. The summed E-state index contributed by atoms with van der Waals surface area (Å²) in [6, 6.07) is 0. The van der Waals surface area contributed by atoms with Crippen molar-refractivity contribution in [3.05, 3.63) is 36.0 Å². The van der Waals surface area contributed by atoms with Gasteiger partial charge in [-0.2, -0.15) is 0 Å². The average molecular weight is 172 g/mol. The van der Waals surface area contributed by atoms with Crippen LogP contribution in [0.1, 0.15) is 19.3 Å². The minimum atomic E-state index is 0.0978. The molecular formula is C12H12O. The fourth-order valence-corrected chi connectivity index (χ4v) is 2.73. The van der Waals surface area contributed by atoms with Crippen LogP contribution in [0.25, 0.3) is 0 Å². The first kappa shape index (κ1) is 7.31. The monoisotopic (exact) mass is 172 g/mol. The lowest BCUT2D eigenvalue weighted by atomic mass is 9.61. The van der Waals surface area contributed by atoms with Crippen molar-refractivity contribution < 1.29 is 4.79 Å². The molecule has 13 heavy (non-hydrogen) atoms. The highest BCUT2D eigenvalue weighted by molar-refractivity contribution is 6.06. The molecule has 1 spiro atoms. The zero-order chi connectivity index (χ0) is 8.89. The van der Waals surface area contributed by atoms with Crippen LogP contribution in [0.2, 0.25) is 0 Å². The average Bonchev–Trinajstić information content (AvgIpc) is 2.19. The van der Waals surface area contributed by atoms with Gasteiger partial charge in [-0.05, 0) is 31.3 Å². The summed E-state index contributed by atoms with van der Waals surface area (Å²) in [7, 11) is 0. The third kappa shape index (κ3) is 0.846. The maximum absolute atomic E-state index is 11.6. The summed E-state index contributed by atoms with van der Waals surface area (Å²) >= 11 is 0. The molecule has 1 heteroatoms. The van der Waals surface area contributed by atoms with Crippen molar-refractivity contribution in [2.45, 2.75) is 19.3 Å². The molecule has 0 N–H and O–H groups in total. The van der Waals surface area contributed by atoms with Crippen LogP contribution >= 0.6 is 0 Å². The molecule has 4 aliphatic carbocycles. The van der Waals surface area contributed by atoms with E-state index in [1.54, 1.807) is 6.08 Å². The van der Waals surface area contributed by atoms with Crippen molar-refractivity contribution in [1.29, 1.82) is 0 Å². The molecule has 2 bridgehead atoms. The Hall–Kier alpha value is -1.11. The lowest BCUT2D eigenvalue weighted by Gasteiger charge is -2.42. The minimum absolute atomic E-state index is 0.0978. The van der Waals surface area contributed by atoms with Gasteiger partial charge < -0.3 is 0 Å². The van der Waals surface area contributed by atoms with Gasteiger partial charge in [0.15, 0.2) is 5.78 Å². The number of allylic oxidation sites excluding steroid dienone is 6. The van der Waals surface area contributed by atoms with Crippen molar-refractivity contribution in [3.8, 4) is 0 Å². The van der Waals surface area contributed by atoms with E-state index in [1.807, 2.05) is 6.08 Å². The van der Waals surface area contributed by atoms with Crippen LogP contribution in [0.15, 0.2) is 36.0 Å². The summed E-state index contributed by atoms with van der Waals surface area (Å²) in [5.41, 5.74) is 1.16. The fourth-order valence-electron chi connectivity index (χ4n) is 2.73. The standard InChI is InChI=1S/C12H12O/c13-11-2-1-5-12-6-3-9(4-7-12)8-10(11)12/h1-3,6,8-9H,4-5,7H2. The number of fused-ring (bicyclic) bond motifs is 1. The summed E-state index contributed by atoms with van der Waals surface area (Å²) in [5.74, 6) is 0.771. The van der Waals surface area contributed by atoms with Crippen LogP contribution in [0.4, 0.5) is 0 Å². The van der Waals surface area contributed by atoms with Crippen LogP contribution < -0.4 is 0 Å². The van der Waals surface area contributed by atoms with Crippen LogP contribution in [0.3, 0.4) is 0 Å². The number of carbonyl (C=O) groups is 1. The van der Waals surface area contributed by atoms with E-state index in [-0.39, 0.29) is 11.2 Å². The molecule has 0 heterocycles. The van der Waals surface area contributed by atoms with Crippen LogP contribution in [0, 0.1) is 11.3 Å². The largest absolute Gasteiger partial charge is 0.290 e. The molecule has 0 radical (unpaired) electrons. The van der Waals surface area contributed by atoms with Crippen molar-refractivity contribution in [3.63, 3.8) is 0 Å². The van der Waals surface area contributed by atoms with Gasteiger partial charge >= 0.3 is 0 Å². The van der Waals surface area contributed by atoms with Gasteiger partial charge in [0.2, 0.25) is 0 Å². The molecule has 0 saturated carbocycles. The van der Waals surface area contributed by atoms with Crippen molar-refractivity contribution >= 4 is 5.78 Å². The molecule has 1 nitrogen and oxygen atoms in total. The number of carbonyl (C=O) groups excluding carboxylic acids is 1. The summed E-state index contributed by atoms with van der Waals surface area (Å²) in [6.07, 6.45) is 13.9. The van der Waals surface area contributed by atoms with E-state index in [0.29, 0.717) is 5.92 Å². The molecule has 0 amide bonds. The Morgan fingerprint density at radius 2 is 2.38 bits per heavy atom. The zero-order valence-corrected chi connectivity index (χ0v) is 7.49. The maximum Gasteiger partial charge on any atom is 0.182 e. The molecule has 4 aliphatic rings. The Morgan fingerprint density at radius 3 is 3.08 bits per heavy atom. The Balaban J connectivity index is 2.18. The minimum Gasteiger partial charge on any atom is -0.290 e. The van der Waals surface area contributed by atoms with Gasteiger partial charge in [0, 0.05) is 11.0 Å². The molecule has 0 aromatic rings. The number of ketones is 1. The number of hydrogen-bond acceptors (Lipinski definition) is 1. The maximum atomic E-state index is 11.6. The second kappa shape index (κ2) is 2.22. The van der Waals surface area contributed by atoms with Crippen molar-refractivity contribution in [1.82, 2.24) is 0 Å². The number of hydrogen-bond donors (Lipinski definition) is 0. The van der Waals surface area contributed by atoms with Gasteiger partial charge in [-0.3, -0.25) is 4.79 Å². The van der Waals surface area contributed by atoms with E-state index in [9.17, 15) is 4.79 Å². The highest BCUT2D eigenvalue weighted by Crippen LogP contribution is 2.50. The molecule has 4 rings (SSSR count). The predicted octanol–water partition coefficient (Wildman–Crippen LogP) is 2.41. The van der Waals surface area contributed by atoms with Gasteiger partial charge in [-0.15, -0.1) is 0 Å². The molecule has 2 unspecified atom stereocenters. The molecule has 0 fully saturated rings. The first-order valence-corrected chi connectivity index (χ1v) is 4.93. The lowest BCUT2D eigenvalue weighted by Crippen LogP contribution is -2.34. The van der Waals surface area contributed by atoms with E-state index < -0.39 is 0 Å². The summed E-state index contributed by atoms with van der Waals surface area (Å²) in [4.78, 5) is 11.6. The van der Waals surface area contributed by atoms with Gasteiger partial charge in [-0.25, -0.2) is 0 Å². The number of rotatable bonds is 0. The topological polar surface area (TPSA) is 17.1 Å². The van der Waals surface area contributed by atoms with E-state index in [4.69, 9.17) is 0 Å². The summed E-state index contributed by atoms with van der Waals surface area (Å²) in [6.45, 7) is 0. The predicted molar refractivity (Wildman–Crippen MR) is 51.1 cm³/mol. The van der Waals surface area contributed by atoms with Crippen LogP contribution in [0.5, 0.6) is 0 Å². The third-order valence-corrected chi connectivity index (χ3v) is 3.52. The molecular weight excluding hydrogens is 160 g/mol. The molecule has 2 atom stereocenters. The van der Waals surface area contributed by atoms with Gasteiger partial charge in [-0.1, -0.05) is 24.3 Å². The summed E-state index contributed by atoms with van der Waals surface area (Å²) < 4.78 is 0. The quantitative estimate of drug-likeness (QED) is 0.513. The van der Waals surface area contributed by atoms with E-state index in [1.165, 1.54) is 6.42 Å². The Labute approximate surface area is 77.8 Å². The molecule has 0 saturated heterocycles. The van der Waals surface area contributed by atoms with Crippen molar-refractivity contribution in [2.75, 3.05) is 0 Å². The van der Waals surface area contributed by atoms with Crippen LogP contribution in [-0.2, 0) is 4.79 Å². The van der Waals surface area contributed by atoms with Gasteiger partial charge in [0.25, 0.3) is 0 Å². The third-order valence-electron chi connectivity index (χ3n) is 3.52. The molecule has 0 aromatic carbocycles. The Morgan fingerprint density at radius 1 is 1.46 bits per heavy atom. The van der Waals surface area contributed by atoms with E-state index >= 15 is 0 Å². The Kier molecular flexibility index (Phi) is 1.25. The first-order chi connectivity index (χ1) is 6.30. The van der Waals surface area contributed by atoms with Gasteiger partial charge in [0.1, 0.15) is 0 Å². The second-order valence-corrected chi connectivity index (χ2v) is 4.27. The summed E-state index contributed by atoms with van der Waals surface area (Å²) in [5, 5.41) is 0. The lowest BCUT2D eigenvalue weighted by molar-refractivity contribution is -0.112. The van der Waals surface area contributed by atoms with E-state index in [2.05, 4.69) is 18.2 Å². The first-order valence-electron chi connectivity index (χ1n) is 4.93. The SMILES string of the molecule is O=C1C=CCC23C=CC(C=C12)CC3. The normalized spacial score (nSPS) is 40.5. The van der Waals surface area contributed by atoms with Crippen molar-refractivity contribution in [2.24, 2.45) is 11.3 Å². The smallest absolute Gasteiger partial charge is 0.182 e. The fraction of sp³-hybridized carbons (Fsp3) is 0.417. The van der Waals surface area contributed by atoms with Gasteiger partial charge in [0.05, 0.1) is 0 Å².